The molecule has 0 radical (unpaired) electrons. The highest BCUT2D eigenvalue weighted by Gasteiger charge is 2.20. The van der Waals surface area contributed by atoms with Crippen molar-refractivity contribution in [2.75, 3.05) is 32.8 Å². The zero-order valence-electron chi connectivity index (χ0n) is 29.6. The van der Waals surface area contributed by atoms with Crippen molar-refractivity contribution in [1.82, 2.24) is 14.8 Å². The molecule has 0 N–H and O–H groups in total. The Kier molecular flexibility index (Phi) is 14.2. The van der Waals surface area contributed by atoms with E-state index in [4.69, 9.17) is 37.4 Å². The summed E-state index contributed by atoms with van der Waals surface area (Å²) in [5, 5.41) is 1.10. The van der Waals surface area contributed by atoms with Crippen LogP contribution < -0.4 is 14.2 Å². The molecule has 11 heteroatoms. The minimum Gasteiger partial charge on any atom is -0.493 e. The van der Waals surface area contributed by atoms with Gasteiger partial charge in [0, 0.05) is 56.3 Å². The fraction of sp³-hybridized carbons (Fsp3) is 0.238. The lowest BCUT2D eigenvalue weighted by molar-refractivity contribution is -0.127. The molecule has 1 aromatic heterocycles. The third kappa shape index (κ3) is 11.7. The molecule has 1 saturated heterocycles. The lowest BCUT2D eigenvalue weighted by Crippen LogP contribution is -2.47. The van der Waals surface area contributed by atoms with Gasteiger partial charge < -0.3 is 19.1 Å². The highest BCUT2D eigenvalue weighted by atomic mass is 35.5. The van der Waals surface area contributed by atoms with Crippen LogP contribution in [0.2, 0.25) is 10.0 Å². The van der Waals surface area contributed by atoms with Crippen LogP contribution in [-0.2, 0) is 24.4 Å². The van der Waals surface area contributed by atoms with E-state index in [0.29, 0.717) is 47.1 Å². The van der Waals surface area contributed by atoms with E-state index < -0.39 is 0 Å². The van der Waals surface area contributed by atoms with Crippen LogP contribution in [0.1, 0.15) is 33.4 Å². The minimum atomic E-state index is -0.293. The number of amides is 1. The van der Waals surface area contributed by atoms with Crippen LogP contribution >= 0.6 is 35.6 Å². The zero-order chi connectivity index (χ0) is 36.5. The number of ether oxygens (including phenoxy) is 3. The number of nitrogens with zero attached hydrogens (tertiary/aromatic N) is 3. The Morgan fingerprint density at radius 1 is 0.830 bits per heavy atom. The molecule has 0 unspecified atom stereocenters. The molecule has 2 heterocycles. The van der Waals surface area contributed by atoms with Crippen molar-refractivity contribution in [2.45, 2.75) is 33.4 Å². The van der Waals surface area contributed by atoms with E-state index in [1.54, 1.807) is 36.5 Å². The number of benzene rings is 4. The number of carbonyl (C=O) groups excluding carboxylic acids is 1. The summed E-state index contributed by atoms with van der Waals surface area (Å²) in [7, 11) is 0. The predicted molar refractivity (Wildman–Crippen MR) is 211 cm³/mol. The summed E-state index contributed by atoms with van der Waals surface area (Å²) in [6.07, 6.45) is 5.75. The number of piperazine rings is 1. The van der Waals surface area contributed by atoms with Gasteiger partial charge in [0.2, 0.25) is 11.8 Å². The third-order valence-electron chi connectivity index (χ3n) is 8.68. The molecule has 1 amide bonds. The van der Waals surface area contributed by atoms with E-state index in [-0.39, 0.29) is 30.7 Å². The van der Waals surface area contributed by atoms with Crippen molar-refractivity contribution in [3.8, 4) is 23.1 Å². The molecule has 5 aromatic rings. The van der Waals surface area contributed by atoms with E-state index in [2.05, 4.69) is 34.1 Å². The first-order valence-electron chi connectivity index (χ1n) is 17.2. The largest absolute Gasteiger partial charge is 0.493 e. The van der Waals surface area contributed by atoms with Gasteiger partial charge in [-0.25, -0.2) is 9.37 Å². The topological polar surface area (TPSA) is 64.1 Å². The maximum atomic E-state index is 13.7. The number of aryl methyl sites for hydroxylation is 2. The lowest BCUT2D eigenvalue weighted by Gasteiger charge is -2.34. The van der Waals surface area contributed by atoms with Crippen LogP contribution in [0.5, 0.6) is 23.1 Å². The summed E-state index contributed by atoms with van der Waals surface area (Å²) in [6.45, 7) is 8.34. The van der Waals surface area contributed by atoms with Gasteiger partial charge in [0.1, 0.15) is 23.9 Å². The molecule has 7 nitrogen and oxygen atoms in total. The molecule has 0 spiro atoms. The van der Waals surface area contributed by atoms with Crippen LogP contribution in [0.4, 0.5) is 4.39 Å². The summed E-state index contributed by atoms with van der Waals surface area (Å²) in [5.74, 6) is 1.86. The number of hydrogen-bond donors (Lipinski definition) is 0. The number of aromatic nitrogens is 1. The maximum Gasteiger partial charge on any atom is 0.246 e. The molecule has 53 heavy (non-hydrogen) atoms. The van der Waals surface area contributed by atoms with Gasteiger partial charge in [-0.2, -0.15) is 0 Å². The molecular formula is C42H41Cl3FN3O4. The Bertz CT molecular complexity index is 1960. The number of pyridine rings is 1. The molecule has 1 aliphatic rings. The molecule has 6 rings (SSSR count). The Morgan fingerprint density at radius 3 is 2.23 bits per heavy atom. The predicted octanol–water partition coefficient (Wildman–Crippen LogP) is 9.92. The first-order valence-corrected chi connectivity index (χ1v) is 17.9. The van der Waals surface area contributed by atoms with Crippen molar-refractivity contribution in [1.29, 1.82) is 0 Å². The van der Waals surface area contributed by atoms with Gasteiger partial charge in [0.05, 0.1) is 17.8 Å². The summed E-state index contributed by atoms with van der Waals surface area (Å²) in [5.41, 5.74) is 5.64. The molecule has 1 aliphatic heterocycles. The van der Waals surface area contributed by atoms with Crippen LogP contribution in [0.25, 0.3) is 6.08 Å². The van der Waals surface area contributed by atoms with Crippen molar-refractivity contribution in [2.24, 2.45) is 0 Å². The number of carbonyl (C=O) groups is 1. The Morgan fingerprint density at radius 2 is 1.55 bits per heavy atom. The first kappa shape index (κ1) is 39.6. The normalized spacial score (nSPS) is 13.1. The van der Waals surface area contributed by atoms with E-state index in [0.717, 1.165) is 54.1 Å². The highest BCUT2D eigenvalue weighted by Crippen LogP contribution is 2.34. The second kappa shape index (κ2) is 18.9. The van der Waals surface area contributed by atoms with Gasteiger partial charge in [0.25, 0.3) is 0 Å². The van der Waals surface area contributed by atoms with E-state index >= 15 is 0 Å². The van der Waals surface area contributed by atoms with E-state index in [1.165, 1.54) is 23.3 Å². The second-order valence-electron chi connectivity index (χ2n) is 12.8. The smallest absolute Gasteiger partial charge is 0.246 e. The van der Waals surface area contributed by atoms with Gasteiger partial charge in [-0.05, 0) is 108 Å². The van der Waals surface area contributed by atoms with Crippen LogP contribution in [-0.4, -0.2) is 53.5 Å². The van der Waals surface area contributed by atoms with Crippen molar-refractivity contribution in [3.63, 3.8) is 0 Å². The van der Waals surface area contributed by atoms with Gasteiger partial charge in [-0.1, -0.05) is 53.5 Å². The molecule has 0 aliphatic carbocycles. The van der Waals surface area contributed by atoms with Gasteiger partial charge >= 0.3 is 0 Å². The third-order valence-corrected chi connectivity index (χ3v) is 9.21. The zero-order valence-corrected chi connectivity index (χ0v) is 31.9. The average molecular weight is 777 g/mol. The van der Waals surface area contributed by atoms with Crippen LogP contribution in [0.3, 0.4) is 0 Å². The molecule has 0 bridgehead atoms. The summed E-state index contributed by atoms with van der Waals surface area (Å²) < 4.78 is 31.2. The number of hydrogen-bond acceptors (Lipinski definition) is 6. The van der Waals surface area contributed by atoms with Crippen molar-refractivity contribution in [3.05, 3.63) is 153 Å². The van der Waals surface area contributed by atoms with E-state index in [1.807, 2.05) is 55.1 Å². The fourth-order valence-electron chi connectivity index (χ4n) is 5.95. The lowest BCUT2D eigenvalue weighted by atomic mass is 10.1. The van der Waals surface area contributed by atoms with Crippen LogP contribution in [0.15, 0.2) is 103 Å². The average Bonchev–Trinajstić information content (AvgIpc) is 3.13. The molecule has 1 fully saturated rings. The van der Waals surface area contributed by atoms with Gasteiger partial charge in [-0.3, -0.25) is 9.69 Å². The standard InChI is InChI=1S/C42H40Cl2FN3O4.ClH/c1-29-21-34(24-36(45)22-29)28-51-38-12-13-40(46-26-38)52-42-30(2)23-33(25-39(42)44)7-14-41(49)48-18-16-47(17-19-48)27-32-5-3-31(4-6-32)15-20-50-37-10-8-35(43)9-11-37;/h3-14,21-26H,15-20,27-28H2,1-2H3;1H/b14-7+;. The summed E-state index contributed by atoms with van der Waals surface area (Å²) in [4.78, 5) is 21.6. The second-order valence-corrected chi connectivity index (χ2v) is 13.7. The Hall–Kier alpha value is -4.60. The molecule has 0 saturated carbocycles. The minimum absolute atomic E-state index is 0. The summed E-state index contributed by atoms with van der Waals surface area (Å²) >= 11 is 12.6. The summed E-state index contributed by atoms with van der Waals surface area (Å²) in [6, 6.07) is 27.9. The quantitative estimate of drug-likeness (QED) is 0.111. The number of rotatable bonds is 13. The van der Waals surface area contributed by atoms with Crippen LogP contribution in [0, 0.1) is 19.7 Å². The van der Waals surface area contributed by atoms with Gasteiger partial charge in [-0.15, -0.1) is 12.4 Å². The molecule has 276 valence electrons. The van der Waals surface area contributed by atoms with Crippen molar-refractivity contribution < 1.29 is 23.4 Å². The van der Waals surface area contributed by atoms with Gasteiger partial charge in [0.15, 0.2) is 5.75 Å². The Balaban J connectivity index is 0.00000541. The fourth-order valence-corrected chi connectivity index (χ4v) is 6.39. The first-order chi connectivity index (χ1) is 25.2. The maximum absolute atomic E-state index is 13.7. The Labute approximate surface area is 326 Å². The highest BCUT2D eigenvalue weighted by molar-refractivity contribution is 6.32. The monoisotopic (exact) mass is 775 g/mol. The number of halogens is 4. The van der Waals surface area contributed by atoms with Crippen molar-refractivity contribution >= 4 is 47.6 Å². The molecule has 0 atom stereocenters. The van der Waals surface area contributed by atoms with E-state index in [9.17, 15) is 9.18 Å². The molecular weight excluding hydrogens is 736 g/mol. The molecule has 4 aromatic carbocycles. The SMILES string of the molecule is Cc1cc(F)cc(COc2ccc(Oc3c(C)cc(/C=C/C(=O)N4CCN(Cc5ccc(CCOc6ccc(Cl)cc6)cc5)CC4)cc3Cl)nc2)c1.Cl.